The van der Waals surface area contributed by atoms with Crippen LogP contribution < -0.4 is 15.5 Å². The summed E-state index contributed by atoms with van der Waals surface area (Å²) in [6.07, 6.45) is 1.31. The molecule has 2 aromatic carbocycles. The average molecular weight is 433 g/mol. The number of carbonyl (C=O) groups is 2. The molecule has 32 heavy (non-hydrogen) atoms. The van der Waals surface area contributed by atoms with Crippen LogP contribution in [0.3, 0.4) is 0 Å². The third-order valence-corrected chi connectivity index (χ3v) is 4.92. The highest BCUT2D eigenvalue weighted by Crippen LogP contribution is 2.22. The number of carbonyl (C=O) groups excluding carboxylic acids is 2. The highest BCUT2D eigenvalue weighted by atomic mass is 16.5. The third-order valence-electron chi connectivity index (χ3n) is 4.92. The Morgan fingerprint density at radius 3 is 2.44 bits per heavy atom. The molecule has 3 rings (SSSR count). The van der Waals surface area contributed by atoms with Crippen molar-refractivity contribution in [3.05, 3.63) is 83.2 Å². The Morgan fingerprint density at radius 2 is 1.75 bits per heavy atom. The number of aryl methyl sites for hydroxylation is 1. The Morgan fingerprint density at radius 1 is 1.03 bits per heavy atom. The molecule has 0 radical (unpaired) electrons. The van der Waals surface area contributed by atoms with Gasteiger partial charge in [0, 0.05) is 29.2 Å². The molecular weight excluding hydrogens is 404 g/mol. The van der Waals surface area contributed by atoms with Gasteiger partial charge in [-0.3, -0.25) is 9.59 Å². The molecule has 7 heteroatoms. The van der Waals surface area contributed by atoms with E-state index in [1.165, 1.54) is 0 Å². The fourth-order valence-corrected chi connectivity index (χ4v) is 3.39. The van der Waals surface area contributed by atoms with Crippen LogP contribution in [0.1, 0.15) is 35.9 Å². The Balaban J connectivity index is 1.55. The molecule has 0 bridgehead atoms. The molecule has 166 valence electrons. The largest absolute Gasteiger partial charge is 0.494 e. The van der Waals surface area contributed by atoms with Gasteiger partial charge in [-0.05, 0) is 56.7 Å². The highest BCUT2D eigenvalue weighted by Gasteiger charge is 2.11. The summed E-state index contributed by atoms with van der Waals surface area (Å²) in [5.74, 6) is 0.0124. The molecule has 0 atom stereocenters. The van der Waals surface area contributed by atoms with Crippen LogP contribution in [-0.4, -0.2) is 29.2 Å². The minimum atomic E-state index is -0.466. The molecule has 1 heterocycles. The number of nitrogens with one attached hydrogen (secondary N) is 2. The maximum Gasteiger partial charge on any atom is 0.249 e. The number of hydrogen-bond donors (Lipinski definition) is 2. The van der Waals surface area contributed by atoms with Crippen molar-refractivity contribution >= 4 is 18.0 Å². The smallest absolute Gasteiger partial charge is 0.249 e. The van der Waals surface area contributed by atoms with Crippen molar-refractivity contribution in [2.24, 2.45) is 5.10 Å². The van der Waals surface area contributed by atoms with E-state index in [-0.39, 0.29) is 12.3 Å². The van der Waals surface area contributed by atoms with Crippen molar-refractivity contribution in [2.75, 3.05) is 6.61 Å². The number of ether oxygens (including phenoxy) is 1. The molecule has 0 aliphatic heterocycles. The fourth-order valence-electron chi connectivity index (χ4n) is 3.39. The molecule has 0 fully saturated rings. The molecule has 0 aliphatic carbocycles. The van der Waals surface area contributed by atoms with E-state index in [9.17, 15) is 9.59 Å². The van der Waals surface area contributed by atoms with Gasteiger partial charge in [-0.15, -0.1) is 0 Å². The van der Waals surface area contributed by atoms with Crippen LogP contribution in [0.15, 0.2) is 65.8 Å². The van der Waals surface area contributed by atoms with E-state index in [0.29, 0.717) is 13.2 Å². The number of nitrogens with zero attached hydrogens (tertiary/aromatic N) is 2. The van der Waals surface area contributed by atoms with Gasteiger partial charge in [0.15, 0.2) is 0 Å². The van der Waals surface area contributed by atoms with E-state index in [0.717, 1.165) is 34.0 Å². The number of amides is 2. The zero-order valence-electron chi connectivity index (χ0n) is 18.6. The van der Waals surface area contributed by atoms with E-state index < -0.39 is 5.91 Å². The number of rotatable bonds is 9. The van der Waals surface area contributed by atoms with E-state index in [2.05, 4.69) is 20.4 Å². The summed E-state index contributed by atoms with van der Waals surface area (Å²) in [4.78, 5) is 24.0. The number of hydrogen-bond acceptors (Lipinski definition) is 4. The van der Waals surface area contributed by atoms with E-state index in [4.69, 9.17) is 4.74 Å². The Bertz CT molecular complexity index is 1090. The van der Waals surface area contributed by atoms with Crippen molar-refractivity contribution in [3.8, 4) is 11.4 Å². The predicted molar refractivity (Wildman–Crippen MR) is 125 cm³/mol. The van der Waals surface area contributed by atoms with Gasteiger partial charge in [0.05, 0.1) is 12.8 Å². The lowest BCUT2D eigenvalue weighted by Gasteiger charge is -2.10. The molecular formula is C25H28N4O3. The number of hydrazone groups is 1. The Labute approximate surface area is 188 Å². The molecule has 0 saturated heterocycles. The van der Waals surface area contributed by atoms with Gasteiger partial charge < -0.3 is 14.6 Å². The van der Waals surface area contributed by atoms with Crippen molar-refractivity contribution in [2.45, 2.75) is 33.7 Å². The minimum absolute atomic E-state index is 0.282. The summed E-state index contributed by atoms with van der Waals surface area (Å²) in [6.45, 7) is 6.96. The second kappa shape index (κ2) is 10.9. The van der Waals surface area contributed by atoms with E-state index >= 15 is 0 Å². The Kier molecular flexibility index (Phi) is 7.80. The van der Waals surface area contributed by atoms with Crippen LogP contribution >= 0.6 is 0 Å². The van der Waals surface area contributed by atoms with Crippen LogP contribution in [0.4, 0.5) is 0 Å². The van der Waals surface area contributed by atoms with Crippen molar-refractivity contribution in [1.82, 2.24) is 15.3 Å². The van der Waals surface area contributed by atoms with Crippen molar-refractivity contribution in [1.29, 1.82) is 0 Å². The standard InChI is InChI=1S/C25H28N4O3/c1-4-32-23-12-10-22(11-13-23)29-18(2)14-21(19(29)3)17-27-28-25(31)15-24(30)26-16-20-8-6-5-7-9-20/h5-14,17H,4,15-16H2,1-3H3,(H,26,30)(H,28,31)/b27-17+. The van der Waals surface area contributed by atoms with E-state index in [1.54, 1.807) is 6.21 Å². The van der Waals surface area contributed by atoms with Gasteiger partial charge in [0.1, 0.15) is 12.2 Å². The third kappa shape index (κ3) is 6.07. The van der Waals surface area contributed by atoms with Crippen molar-refractivity contribution in [3.63, 3.8) is 0 Å². The molecule has 0 unspecified atom stereocenters. The molecule has 2 N–H and O–H groups in total. The van der Waals surface area contributed by atoms with Crippen molar-refractivity contribution < 1.29 is 14.3 Å². The first-order valence-corrected chi connectivity index (χ1v) is 10.5. The molecule has 1 aromatic heterocycles. The monoisotopic (exact) mass is 432 g/mol. The van der Waals surface area contributed by atoms with Gasteiger partial charge in [-0.2, -0.15) is 5.10 Å². The van der Waals surface area contributed by atoms with Gasteiger partial charge >= 0.3 is 0 Å². The summed E-state index contributed by atoms with van der Waals surface area (Å²) in [6, 6.07) is 19.4. The van der Waals surface area contributed by atoms with Crippen LogP contribution in [0.2, 0.25) is 0 Å². The zero-order chi connectivity index (χ0) is 22.9. The topological polar surface area (TPSA) is 84.7 Å². The molecule has 0 spiro atoms. The van der Waals surface area contributed by atoms with Crippen LogP contribution in [0, 0.1) is 13.8 Å². The maximum absolute atomic E-state index is 12.0. The summed E-state index contributed by atoms with van der Waals surface area (Å²) in [7, 11) is 0. The van der Waals surface area contributed by atoms with Gasteiger partial charge in [0.2, 0.25) is 11.8 Å². The first-order chi connectivity index (χ1) is 15.5. The van der Waals surface area contributed by atoms with E-state index in [1.807, 2.05) is 81.4 Å². The predicted octanol–water partition coefficient (Wildman–Crippen LogP) is 3.65. The lowest BCUT2D eigenvalue weighted by Crippen LogP contribution is -2.29. The second-order valence-electron chi connectivity index (χ2n) is 7.32. The number of benzene rings is 2. The highest BCUT2D eigenvalue weighted by molar-refractivity contribution is 5.97. The fraction of sp³-hybridized carbons (Fsp3) is 0.240. The quantitative estimate of drug-likeness (QED) is 0.308. The molecule has 2 amide bonds. The van der Waals surface area contributed by atoms with Crippen LogP contribution in [0.25, 0.3) is 5.69 Å². The Hall–Kier alpha value is -3.87. The lowest BCUT2D eigenvalue weighted by atomic mass is 10.2. The summed E-state index contributed by atoms with van der Waals surface area (Å²) in [5.41, 5.74) is 7.32. The van der Waals surface area contributed by atoms with Gasteiger partial charge in [0.25, 0.3) is 0 Å². The average Bonchev–Trinajstić information content (AvgIpc) is 3.07. The SMILES string of the molecule is CCOc1ccc(-n2c(C)cc(/C=N/NC(=O)CC(=O)NCc3ccccc3)c2C)cc1. The van der Waals surface area contributed by atoms with Crippen LogP contribution in [-0.2, 0) is 16.1 Å². The number of aromatic nitrogens is 1. The van der Waals surface area contributed by atoms with Gasteiger partial charge in [-0.1, -0.05) is 30.3 Å². The van der Waals surface area contributed by atoms with Gasteiger partial charge in [-0.25, -0.2) is 5.43 Å². The summed E-state index contributed by atoms with van der Waals surface area (Å²) < 4.78 is 7.61. The summed E-state index contributed by atoms with van der Waals surface area (Å²) >= 11 is 0. The lowest BCUT2D eigenvalue weighted by molar-refractivity contribution is -0.129. The molecule has 3 aromatic rings. The second-order valence-corrected chi connectivity index (χ2v) is 7.32. The molecule has 0 saturated carbocycles. The van der Waals surface area contributed by atoms with Crippen LogP contribution in [0.5, 0.6) is 5.75 Å². The zero-order valence-corrected chi connectivity index (χ0v) is 18.6. The minimum Gasteiger partial charge on any atom is -0.494 e. The summed E-state index contributed by atoms with van der Waals surface area (Å²) in [5, 5.41) is 6.75. The molecule has 0 aliphatic rings. The first kappa shape index (κ1) is 22.8. The normalized spacial score (nSPS) is 10.8. The maximum atomic E-state index is 12.0. The first-order valence-electron chi connectivity index (χ1n) is 10.5. The molecule has 7 nitrogen and oxygen atoms in total.